The van der Waals surface area contributed by atoms with Crippen molar-refractivity contribution in [3.63, 3.8) is 0 Å². The summed E-state index contributed by atoms with van der Waals surface area (Å²) < 4.78 is 28.1. The summed E-state index contributed by atoms with van der Waals surface area (Å²) in [4.78, 5) is 10.5. The number of benzene rings is 1. The second-order valence-electron chi connectivity index (χ2n) is 7.01. The van der Waals surface area contributed by atoms with Gasteiger partial charge in [-0.05, 0) is 49.9 Å². The van der Waals surface area contributed by atoms with E-state index in [1.165, 1.54) is 16.7 Å². The molecule has 1 saturated heterocycles. The Kier molecular flexibility index (Phi) is 4.93. The summed E-state index contributed by atoms with van der Waals surface area (Å²) >= 11 is 0. The van der Waals surface area contributed by atoms with Crippen LogP contribution in [0, 0.1) is 39.0 Å². The monoisotopic (exact) mass is 385 g/mol. The molecule has 1 aromatic carbocycles. The van der Waals surface area contributed by atoms with E-state index in [9.17, 15) is 8.42 Å². The Morgan fingerprint density at radius 3 is 2.22 bits per heavy atom. The molecule has 2 heterocycles. The van der Waals surface area contributed by atoms with Crippen molar-refractivity contribution in [2.75, 3.05) is 25.0 Å². The first-order valence-corrected chi connectivity index (χ1v) is 10.1. The van der Waals surface area contributed by atoms with Crippen LogP contribution in [0.3, 0.4) is 0 Å². The second kappa shape index (κ2) is 6.91. The van der Waals surface area contributed by atoms with Crippen LogP contribution in [-0.4, -0.2) is 48.9 Å². The van der Waals surface area contributed by atoms with E-state index < -0.39 is 10.0 Å². The van der Waals surface area contributed by atoms with Crippen LogP contribution in [0.1, 0.15) is 27.9 Å². The summed E-state index contributed by atoms with van der Waals surface area (Å²) in [5.41, 5.74) is 3.78. The Balaban J connectivity index is 1.86. The fraction of sp³-hybridized carbons (Fsp3) is 0.421. The van der Waals surface area contributed by atoms with E-state index in [1.807, 2.05) is 44.7 Å². The van der Waals surface area contributed by atoms with Crippen molar-refractivity contribution in [1.29, 1.82) is 5.26 Å². The Bertz CT molecular complexity index is 1010. The summed E-state index contributed by atoms with van der Waals surface area (Å²) in [5.74, 6) is 0.501. The van der Waals surface area contributed by atoms with E-state index in [1.54, 1.807) is 7.05 Å². The summed E-state index contributed by atoms with van der Waals surface area (Å²) in [6, 6.07) is 3.87. The van der Waals surface area contributed by atoms with Gasteiger partial charge < -0.3 is 4.90 Å². The predicted molar refractivity (Wildman–Crippen MR) is 103 cm³/mol. The molecular formula is C19H23N5O2S. The average Bonchev–Trinajstić information content (AvgIpc) is 2.59. The van der Waals surface area contributed by atoms with Gasteiger partial charge in [0.25, 0.3) is 0 Å². The van der Waals surface area contributed by atoms with Crippen LogP contribution in [0.5, 0.6) is 0 Å². The van der Waals surface area contributed by atoms with Crippen LogP contribution in [0.2, 0.25) is 0 Å². The minimum Gasteiger partial charge on any atom is -0.351 e. The number of nitrogens with zero attached hydrogens (tertiary/aromatic N) is 5. The predicted octanol–water partition coefficient (Wildman–Crippen LogP) is 2.09. The first-order chi connectivity index (χ1) is 12.7. The molecule has 7 nitrogen and oxygen atoms in total. The maximum Gasteiger partial charge on any atom is 0.243 e. The molecule has 1 aliphatic rings. The normalized spacial score (nSPS) is 14.9. The number of nitriles is 1. The van der Waals surface area contributed by atoms with E-state index >= 15 is 0 Å². The minimum atomic E-state index is -3.62. The largest absolute Gasteiger partial charge is 0.351 e. The maximum atomic E-state index is 13.3. The van der Waals surface area contributed by atoms with Gasteiger partial charge in [0.15, 0.2) is 11.5 Å². The zero-order valence-corrected chi connectivity index (χ0v) is 17.0. The average molecular weight is 385 g/mol. The van der Waals surface area contributed by atoms with Crippen molar-refractivity contribution in [2.45, 2.75) is 38.6 Å². The summed E-state index contributed by atoms with van der Waals surface area (Å²) in [7, 11) is -2.00. The van der Waals surface area contributed by atoms with Crippen molar-refractivity contribution in [3.05, 3.63) is 46.4 Å². The lowest BCUT2D eigenvalue weighted by molar-refractivity contribution is 0.309. The number of rotatable bonds is 4. The molecule has 0 amide bonds. The summed E-state index contributed by atoms with van der Waals surface area (Å²) in [6.07, 6.45) is 3.01. The molecule has 0 radical (unpaired) electrons. The van der Waals surface area contributed by atoms with E-state index in [2.05, 4.69) is 9.97 Å². The molecule has 3 rings (SSSR count). The molecule has 1 fully saturated rings. The molecule has 142 valence electrons. The Hall–Kier alpha value is -2.50. The molecule has 0 saturated carbocycles. The molecule has 0 bridgehead atoms. The number of hydrogen-bond acceptors (Lipinski definition) is 6. The van der Waals surface area contributed by atoms with Gasteiger partial charge in [-0.25, -0.2) is 18.4 Å². The third-order valence-corrected chi connectivity index (χ3v) is 7.58. The summed E-state index contributed by atoms with van der Waals surface area (Å²) in [5, 5.41) is 9.17. The molecular weight excluding hydrogens is 362 g/mol. The van der Waals surface area contributed by atoms with Gasteiger partial charge in [-0.2, -0.15) is 9.57 Å². The number of hydrogen-bond donors (Lipinski definition) is 0. The van der Waals surface area contributed by atoms with Crippen molar-refractivity contribution in [1.82, 2.24) is 14.3 Å². The van der Waals surface area contributed by atoms with Gasteiger partial charge in [0.1, 0.15) is 6.07 Å². The molecule has 0 N–H and O–H groups in total. The number of aryl methyl sites for hydroxylation is 2. The van der Waals surface area contributed by atoms with Crippen LogP contribution in [0.4, 0.5) is 5.82 Å². The van der Waals surface area contributed by atoms with Crippen LogP contribution in [0.25, 0.3) is 0 Å². The second-order valence-corrected chi connectivity index (χ2v) is 8.94. The molecule has 27 heavy (non-hydrogen) atoms. The van der Waals surface area contributed by atoms with Gasteiger partial charge >= 0.3 is 0 Å². The van der Waals surface area contributed by atoms with Crippen molar-refractivity contribution in [3.8, 4) is 6.07 Å². The molecule has 8 heteroatoms. The molecule has 1 aromatic heterocycles. The Morgan fingerprint density at radius 2 is 1.67 bits per heavy atom. The lowest BCUT2D eigenvalue weighted by Crippen LogP contribution is -2.60. The SMILES string of the molecule is Cc1cc(C)c(C)c(S(=O)(=O)N(C)C2CN(c3nccnc3C#N)C2)c1C. The van der Waals surface area contributed by atoms with Gasteiger partial charge in [-0.1, -0.05) is 6.07 Å². The zero-order valence-electron chi connectivity index (χ0n) is 16.2. The zero-order chi connectivity index (χ0) is 19.9. The van der Waals surface area contributed by atoms with E-state index in [0.29, 0.717) is 23.8 Å². The first-order valence-electron chi connectivity index (χ1n) is 8.70. The molecule has 0 unspecified atom stereocenters. The van der Waals surface area contributed by atoms with Crippen LogP contribution >= 0.6 is 0 Å². The number of sulfonamides is 1. The first kappa shape index (κ1) is 19.3. The topological polar surface area (TPSA) is 90.2 Å². The Morgan fingerprint density at radius 1 is 1.11 bits per heavy atom. The fourth-order valence-electron chi connectivity index (χ4n) is 3.41. The highest BCUT2D eigenvalue weighted by atomic mass is 32.2. The number of anilines is 1. The van der Waals surface area contributed by atoms with Crippen molar-refractivity contribution < 1.29 is 8.42 Å². The van der Waals surface area contributed by atoms with Gasteiger partial charge in [-0.3, -0.25) is 0 Å². The molecule has 0 atom stereocenters. The highest BCUT2D eigenvalue weighted by Crippen LogP contribution is 2.31. The van der Waals surface area contributed by atoms with E-state index in [0.717, 1.165) is 22.3 Å². The quantitative estimate of drug-likeness (QED) is 0.800. The highest BCUT2D eigenvalue weighted by molar-refractivity contribution is 7.89. The third kappa shape index (κ3) is 3.17. The van der Waals surface area contributed by atoms with Crippen LogP contribution in [0.15, 0.2) is 23.4 Å². The summed E-state index contributed by atoms with van der Waals surface area (Å²) in [6.45, 7) is 8.54. The van der Waals surface area contributed by atoms with Gasteiger partial charge in [0.05, 0.1) is 10.9 Å². The smallest absolute Gasteiger partial charge is 0.243 e. The third-order valence-electron chi connectivity index (χ3n) is 5.40. The standard InChI is InChI=1S/C19H23N5O2S/c1-12-8-13(2)15(4)18(14(12)3)27(25,26)23(5)16-10-24(11-16)19-17(9-20)21-6-7-22-19/h6-8,16H,10-11H2,1-5H3. The molecule has 1 aliphatic heterocycles. The Labute approximate surface area is 160 Å². The maximum absolute atomic E-state index is 13.3. The van der Waals surface area contributed by atoms with Crippen molar-refractivity contribution >= 4 is 15.8 Å². The van der Waals surface area contributed by atoms with E-state index in [-0.39, 0.29) is 11.7 Å². The van der Waals surface area contributed by atoms with E-state index in [4.69, 9.17) is 5.26 Å². The molecule has 0 spiro atoms. The lowest BCUT2D eigenvalue weighted by Gasteiger charge is -2.44. The van der Waals surface area contributed by atoms with Crippen LogP contribution in [-0.2, 0) is 10.0 Å². The van der Waals surface area contributed by atoms with Crippen LogP contribution < -0.4 is 4.90 Å². The minimum absolute atomic E-state index is 0.178. The van der Waals surface area contributed by atoms with Gasteiger partial charge in [0.2, 0.25) is 10.0 Å². The molecule has 2 aromatic rings. The fourth-order valence-corrected chi connectivity index (χ4v) is 5.32. The van der Waals surface area contributed by atoms with Gasteiger partial charge in [0, 0.05) is 32.5 Å². The molecule has 0 aliphatic carbocycles. The van der Waals surface area contributed by atoms with Gasteiger partial charge in [-0.15, -0.1) is 0 Å². The number of likely N-dealkylation sites (N-methyl/N-ethyl adjacent to an activating group) is 1. The van der Waals surface area contributed by atoms with Crippen molar-refractivity contribution in [2.24, 2.45) is 0 Å². The lowest BCUT2D eigenvalue weighted by atomic mass is 10.0. The highest BCUT2D eigenvalue weighted by Gasteiger charge is 2.39. The number of aromatic nitrogens is 2.